The normalized spacial score (nSPS) is 13.4. The van der Waals surface area contributed by atoms with E-state index in [1.807, 2.05) is 0 Å². The summed E-state index contributed by atoms with van der Waals surface area (Å²) in [5.41, 5.74) is 5.10. The van der Waals surface area contributed by atoms with Crippen LogP contribution in [0.2, 0.25) is 0 Å². The molecule has 0 radical (unpaired) electrons. The number of nitrogens with one attached hydrogen (secondary N) is 1. The van der Waals surface area contributed by atoms with Gasteiger partial charge in [-0.3, -0.25) is 9.59 Å². The number of oxazole rings is 1. The van der Waals surface area contributed by atoms with Crippen molar-refractivity contribution in [3.05, 3.63) is 41.4 Å². The Kier molecular flexibility index (Phi) is 7.34. The minimum Gasteiger partial charge on any atom is -0.494 e. The van der Waals surface area contributed by atoms with E-state index in [1.54, 1.807) is 34.0 Å². The zero-order valence-corrected chi connectivity index (χ0v) is 19.9. The molecule has 3 N–H and O–H groups in total. The first-order chi connectivity index (χ1) is 16.3. The molecular weight excluding hydrogens is 467 g/mol. The SMILES string of the molecule is COc1ccc(-c2nc(C(=O)N[C@@H](C)CC(=O)N(C)C)c([C@H](C)N)o2)c2ccc(C(F)(F)F)nc12. The third kappa shape index (κ3) is 5.53. The molecule has 9 nitrogen and oxygen atoms in total. The third-order valence-corrected chi connectivity index (χ3v) is 5.20. The molecule has 0 saturated heterocycles. The number of pyridine rings is 1. The molecule has 2 amide bonds. The molecule has 0 spiro atoms. The summed E-state index contributed by atoms with van der Waals surface area (Å²) in [5, 5.41) is 2.98. The van der Waals surface area contributed by atoms with E-state index in [0.29, 0.717) is 5.56 Å². The number of hydrogen-bond acceptors (Lipinski definition) is 7. The van der Waals surface area contributed by atoms with Gasteiger partial charge < -0.3 is 25.1 Å². The third-order valence-electron chi connectivity index (χ3n) is 5.20. The number of hydrogen-bond donors (Lipinski definition) is 2. The fraction of sp³-hybridized carbons (Fsp3) is 0.391. The lowest BCUT2D eigenvalue weighted by Crippen LogP contribution is -2.37. The highest BCUT2D eigenvalue weighted by molar-refractivity contribution is 5.98. The second-order valence-corrected chi connectivity index (χ2v) is 8.29. The Morgan fingerprint density at radius 2 is 1.86 bits per heavy atom. The van der Waals surface area contributed by atoms with Crippen LogP contribution < -0.4 is 15.8 Å². The summed E-state index contributed by atoms with van der Waals surface area (Å²) in [4.78, 5) is 34.3. The van der Waals surface area contributed by atoms with Crippen molar-refractivity contribution >= 4 is 22.7 Å². The number of rotatable bonds is 7. The van der Waals surface area contributed by atoms with Gasteiger partial charge in [0.2, 0.25) is 11.8 Å². The Balaban J connectivity index is 2.05. The number of fused-ring (bicyclic) bond motifs is 1. The van der Waals surface area contributed by atoms with Crippen molar-refractivity contribution in [2.75, 3.05) is 21.2 Å². The number of ether oxygens (including phenoxy) is 1. The monoisotopic (exact) mass is 493 g/mol. The summed E-state index contributed by atoms with van der Waals surface area (Å²) in [7, 11) is 4.54. The van der Waals surface area contributed by atoms with E-state index in [1.165, 1.54) is 24.1 Å². The van der Waals surface area contributed by atoms with E-state index in [9.17, 15) is 22.8 Å². The van der Waals surface area contributed by atoms with Crippen LogP contribution in [0.25, 0.3) is 22.4 Å². The highest BCUT2D eigenvalue weighted by Gasteiger charge is 2.33. The molecule has 3 rings (SSSR count). The molecule has 3 aromatic rings. The number of carbonyl (C=O) groups is 2. The van der Waals surface area contributed by atoms with Crippen molar-refractivity contribution in [2.45, 2.75) is 38.5 Å². The number of nitrogens with two attached hydrogens (primary N) is 1. The van der Waals surface area contributed by atoms with Gasteiger partial charge in [0.25, 0.3) is 5.91 Å². The average Bonchev–Trinajstić information content (AvgIpc) is 3.23. The van der Waals surface area contributed by atoms with E-state index in [2.05, 4.69) is 15.3 Å². The topological polar surface area (TPSA) is 124 Å². The smallest absolute Gasteiger partial charge is 0.433 e. The van der Waals surface area contributed by atoms with Crippen LogP contribution in [-0.2, 0) is 11.0 Å². The summed E-state index contributed by atoms with van der Waals surface area (Å²) in [6.45, 7) is 3.27. The van der Waals surface area contributed by atoms with Gasteiger partial charge in [0.1, 0.15) is 17.0 Å². The molecule has 35 heavy (non-hydrogen) atoms. The van der Waals surface area contributed by atoms with Crippen LogP contribution in [0.15, 0.2) is 28.7 Å². The molecule has 0 saturated carbocycles. The summed E-state index contributed by atoms with van der Waals surface area (Å²) in [6.07, 6.45) is -4.57. The van der Waals surface area contributed by atoms with E-state index in [-0.39, 0.29) is 46.3 Å². The van der Waals surface area contributed by atoms with Crippen molar-refractivity contribution in [3.63, 3.8) is 0 Å². The van der Waals surface area contributed by atoms with Crippen LogP contribution >= 0.6 is 0 Å². The van der Waals surface area contributed by atoms with Crippen LogP contribution in [0.3, 0.4) is 0 Å². The molecular formula is C23H26F3N5O4. The summed E-state index contributed by atoms with van der Waals surface area (Å²) in [6, 6.07) is 3.87. The molecule has 2 atom stereocenters. The van der Waals surface area contributed by atoms with Gasteiger partial charge >= 0.3 is 6.18 Å². The van der Waals surface area contributed by atoms with Crippen molar-refractivity contribution < 1.29 is 31.9 Å². The van der Waals surface area contributed by atoms with Crippen LogP contribution in [0.5, 0.6) is 5.75 Å². The number of amides is 2. The Morgan fingerprint density at radius 3 is 2.43 bits per heavy atom. The maximum atomic E-state index is 13.2. The molecule has 1 aromatic carbocycles. The molecule has 0 aliphatic heterocycles. The quantitative estimate of drug-likeness (QED) is 0.516. The average molecular weight is 493 g/mol. The number of aromatic nitrogens is 2. The predicted octanol–water partition coefficient (Wildman–Crippen LogP) is 3.53. The molecule has 0 aliphatic rings. The van der Waals surface area contributed by atoms with E-state index >= 15 is 0 Å². The first-order valence-electron chi connectivity index (χ1n) is 10.7. The van der Waals surface area contributed by atoms with Crippen molar-refractivity contribution in [1.82, 2.24) is 20.2 Å². The molecule has 0 fully saturated rings. The van der Waals surface area contributed by atoms with Gasteiger partial charge in [-0.2, -0.15) is 13.2 Å². The number of benzene rings is 1. The fourth-order valence-corrected chi connectivity index (χ4v) is 3.41. The standard InChI is InChI=1S/C23H26F3N5O4/c1-11(10-17(32)31(3)4)28-21(33)19-20(12(2)27)35-22(30-19)14-6-8-15(34-5)18-13(14)7-9-16(29-18)23(24,25)26/h6-9,11-12H,10,27H2,1-5H3,(H,28,33)/t11-,12-/m0/s1. The number of halogens is 3. The van der Waals surface area contributed by atoms with Gasteiger partial charge in [-0.05, 0) is 38.1 Å². The van der Waals surface area contributed by atoms with Gasteiger partial charge in [0.15, 0.2) is 11.5 Å². The Labute approximate surface area is 199 Å². The van der Waals surface area contributed by atoms with Crippen LogP contribution in [0.4, 0.5) is 13.2 Å². The van der Waals surface area contributed by atoms with Crippen LogP contribution in [-0.4, -0.2) is 53.9 Å². The lowest BCUT2D eigenvalue weighted by molar-refractivity contribution is -0.141. The minimum absolute atomic E-state index is 0.0197. The number of carbonyl (C=O) groups excluding carboxylic acids is 2. The van der Waals surface area contributed by atoms with Crippen molar-refractivity contribution in [3.8, 4) is 17.2 Å². The molecule has 2 heterocycles. The second-order valence-electron chi connectivity index (χ2n) is 8.29. The van der Waals surface area contributed by atoms with E-state index in [0.717, 1.165) is 6.07 Å². The predicted molar refractivity (Wildman–Crippen MR) is 122 cm³/mol. The summed E-state index contributed by atoms with van der Waals surface area (Å²) < 4.78 is 50.6. The van der Waals surface area contributed by atoms with E-state index < -0.39 is 29.9 Å². The van der Waals surface area contributed by atoms with Gasteiger partial charge in [0, 0.05) is 37.5 Å². The number of methoxy groups -OCH3 is 1. The van der Waals surface area contributed by atoms with E-state index in [4.69, 9.17) is 14.9 Å². The van der Waals surface area contributed by atoms with Gasteiger partial charge in [-0.25, -0.2) is 9.97 Å². The van der Waals surface area contributed by atoms with Crippen molar-refractivity contribution in [1.29, 1.82) is 0 Å². The Morgan fingerprint density at radius 1 is 1.17 bits per heavy atom. The largest absolute Gasteiger partial charge is 0.494 e. The lowest BCUT2D eigenvalue weighted by Gasteiger charge is -2.16. The zero-order chi connectivity index (χ0) is 26.1. The molecule has 0 unspecified atom stereocenters. The summed E-state index contributed by atoms with van der Waals surface area (Å²) >= 11 is 0. The van der Waals surface area contributed by atoms with Gasteiger partial charge in [0.05, 0.1) is 13.2 Å². The van der Waals surface area contributed by atoms with Crippen molar-refractivity contribution in [2.24, 2.45) is 5.73 Å². The minimum atomic E-state index is -4.64. The highest BCUT2D eigenvalue weighted by Crippen LogP contribution is 2.37. The lowest BCUT2D eigenvalue weighted by atomic mass is 10.1. The Bertz CT molecular complexity index is 1250. The number of alkyl halides is 3. The van der Waals surface area contributed by atoms with Crippen LogP contribution in [0, 0.1) is 0 Å². The molecule has 188 valence electrons. The Hall–Kier alpha value is -3.67. The first kappa shape index (κ1) is 25.9. The molecule has 12 heteroatoms. The van der Waals surface area contributed by atoms with Crippen LogP contribution in [0.1, 0.15) is 48.3 Å². The van der Waals surface area contributed by atoms with Gasteiger partial charge in [-0.1, -0.05) is 0 Å². The highest BCUT2D eigenvalue weighted by atomic mass is 19.4. The molecule has 2 aromatic heterocycles. The molecule has 0 bridgehead atoms. The molecule has 0 aliphatic carbocycles. The number of nitrogens with zero attached hydrogens (tertiary/aromatic N) is 3. The maximum absolute atomic E-state index is 13.2. The second kappa shape index (κ2) is 9.90. The first-order valence-corrected chi connectivity index (χ1v) is 10.7. The zero-order valence-electron chi connectivity index (χ0n) is 19.9. The maximum Gasteiger partial charge on any atom is 0.433 e. The van der Waals surface area contributed by atoms with Gasteiger partial charge in [-0.15, -0.1) is 0 Å². The fourth-order valence-electron chi connectivity index (χ4n) is 3.41. The summed E-state index contributed by atoms with van der Waals surface area (Å²) in [5.74, 6) is -0.560.